The van der Waals surface area contributed by atoms with Crippen LogP contribution in [0.15, 0.2) is 40.7 Å². The minimum atomic E-state index is 0.679. The van der Waals surface area contributed by atoms with Crippen LogP contribution >= 0.6 is 0 Å². The Kier molecular flexibility index (Phi) is 3.50. The maximum atomic E-state index is 4.40. The lowest BCUT2D eigenvalue weighted by atomic mass is 10.3. The third-order valence-corrected chi connectivity index (χ3v) is 1.12. The Morgan fingerprint density at radius 1 is 1.67 bits per heavy atom. The van der Waals surface area contributed by atoms with Gasteiger partial charge >= 0.3 is 0 Å². The van der Waals surface area contributed by atoms with Crippen LogP contribution in [0.4, 0.5) is 0 Å². The molecule has 0 bridgehead atoms. The molecular weight excluding hydrogens is 154 g/mol. The van der Waals surface area contributed by atoms with Crippen molar-refractivity contribution in [2.45, 2.75) is 6.42 Å². The molecule has 12 heavy (non-hydrogen) atoms. The molecule has 0 radical (unpaired) electrons. The molecule has 0 aromatic carbocycles. The molecule has 1 rings (SSSR count). The standard InChI is InChI=1S/C8H9N3O/c1-2-5-9-6-3-4-8-7-10-12-11-8/h2-3,5-7H,1,4H2/b6-3-,9-5-. The van der Waals surface area contributed by atoms with Crippen LogP contribution in [0.2, 0.25) is 0 Å². The summed E-state index contributed by atoms with van der Waals surface area (Å²) in [5.74, 6) is 0. The fourth-order valence-electron chi connectivity index (χ4n) is 0.619. The Labute approximate surface area is 70.3 Å². The fraction of sp³-hybridized carbons (Fsp3) is 0.125. The van der Waals surface area contributed by atoms with E-state index in [9.17, 15) is 0 Å². The monoisotopic (exact) mass is 163 g/mol. The van der Waals surface area contributed by atoms with Crippen molar-refractivity contribution >= 4 is 6.21 Å². The Balaban J connectivity index is 2.30. The Morgan fingerprint density at radius 3 is 3.25 bits per heavy atom. The number of rotatable bonds is 4. The average Bonchev–Trinajstić information content (AvgIpc) is 2.57. The Morgan fingerprint density at radius 2 is 2.58 bits per heavy atom. The first-order valence-electron chi connectivity index (χ1n) is 3.49. The smallest absolute Gasteiger partial charge is 0.108 e. The van der Waals surface area contributed by atoms with Crippen molar-refractivity contribution in [3.63, 3.8) is 0 Å². The lowest BCUT2D eigenvalue weighted by molar-refractivity contribution is 0.304. The number of hydrogen-bond acceptors (Lipinski definition) is 4. The summed E-state index contributed by atoms with van der Waals surface area (Å²) in [5, 5.41) is 7.09. The predicted octanol–water partition coefficient (Wildman–Crippen LogP) is 1.38. The van der Waals surface area contributed by atoms with E-state index in [0.29, 0.717) is 6.42 Å². The van der Waals surface area contributed by atoms with Crippen molar-refractivity contribution in [3.8, 4) is 0 Å². The van der Waals surface area contributed by atoms with E-state index in [1.807, 2.05) is 6.08 Å². The van der Waals surface area contributed by atoms with Crippen LogP contribution < -0.4 is 0 Å². The van der Waals surface area contributed by atoms with Crippen LogP contribution in [0, 0.1) is 0 Å². The molecule has 0 saturated heterocycles. The first kappa shape index (κ1) is 8.39. The second-order valence-electron chi connectivity index (χ2n) is 2.02. The summed E-state index contributed by atoms with van der Waals surface area (Å²) in [5.41, 5.74) is 0.792. The number of hydrogen-bond donors (Lipinski definition) is 0. The highest BCUT2D eigenvalue weighted by Gasteiger charge is 1.91. The van der Waals surface area contributed by atoms with E-state index in [2.05, 4.69) is 26.5 Å². The molecule has 1 aromatic rings. The first-order valence-corrected chi connectivity index (χ1v) is 3.49. The van der Waals surface area contributed by atoms with Crippen molar-refractivity contribution in [2.75, 3.05) is 0 Å². The molecule has 0 fully saturated rings. The molecule has 62 valence electrons. The molecule has 0 unspecified atom stereocenters. The quantitative estimate of drug-likeness (QED) is 0.630. The van der Waals surface area contributed by atoms with Crippen molar-refractivity contribution < 1.29 is 4.63 Å². The van der Waals surface area contributed by atoms with Gasteiger partial charge in [-0.3, -0.25) is 4.99 Å². The Hall–Kier alpha value is -1.71. The van der Waals surface area contributed by atoms with E-state index in [0.717, 1.165) is 5.69 Å². The molecular formula is C8H9N3O. The third kappa shape index (κ3) is 2.92. The van der Waals surface area contributed by atoms with Gasteiger partial charge < -0.3 is 0 Å². The largest absolute Gasteiger partial charge is 0.265 e. The highest BCUT2D eigenvalue weighted by atomic mass is 16.6. The highest BCUT2D eigenvalue weighted by molar-refractivity contribution is 5.70. The molecule has 0 aliphatic rings. The van der Waals surface area contributed by atoms with E-state index in [4.69, 9.17) is 0 Å². The minimum Gasteiger partial charge on any atom is -0.265 e. The van der Waals surface area contributed by atoms with Gasteiger partial charge in [-0.05, 0) is 0 Å². The molecule has 0 N–H and O–H groups in total. The summed E-state index contributed by atoms with van der Waals surface area (Å²) in [6, 6.07) is 0. The van der Waals surface area contributed by atoms with E-state index < -0.39 is 0 Å². The summed E-state index contributed by atoms with van der Waals surface area (Å²) in [4.78, 5) is 3.89. The fourth-order valence-corrected chi connectivity index (χ4v) is 0.619. The summed E-state index contributed by atoms with van der Waals surface area (Å²) in [7, 11) is 0. The minimum absolute atomic E-state index is 0.679. The van der Waals surface area contributed by atoms with Crippen LogP contribution in [0.5, 0.6) is 0 Å². The van der Waals surface area contributed by atoms with E-state index in [1.165, 1.54) is 0 Å². The normalized spacial score (nSPS) is 11.3. The van der Waals surface area contributed by atoms with Crippen molar-refractivity contribution in [1.29, 1.82) is 0 Å². The highest BCUT2D eigenvalue weighted by Crippen LogP contribution is 1.92. The van der Waals surface area contributed by atoms with E-state index in [-0.39, 0.29) is 0 Å². The Bertz CT molecular complexity index is 275. The predicted molar refractivity (Wildman–Crippen MR) is 45.8 cm³/mol. The SMILES string of the molecule is C=C/C=N\C=C/Cc1cnon1. The average molecular weight is 163 g/mol. The zero-order chi connectivity index (χ0) is 8.65. The molecule has 0 amide bonds. The maximum Gasteiger partial charge on any atom is 0.108 e. The van der Waals surface area contributed by atoms with Gasteiger partial charge in [0.05, 0.1) is 6.20 Å². The van der Waals surface area contributed by atoms with Crippen LogP contribution in [0.1, 0.15) is 5.69 Å². The molecule has 0 saturated carbocycles. The van der Waals surface area contributed by atoms with Gasteiger partial charge in [-0.25, -0.2) is 4.63 Å². The number of nitrogens with zero attached hydrogens (tertiary/aromatic N) is 3. The molecule has 4 heteroatoms. The van der Waals surface area contributed by atoms with E-state index >= 15 is 0 Å². The molecule has 0 spiro atoms. The zero-order valence-corrected chi connectivity index (χ0v) is 6.55. The molecule has 4 nitrogen and oxygen atoms in total. The lowest BCUT2D eigenvalue weighted by Crippen LogP contribution is -1.77. The van der Waals surface area contributed by atoms with E-state index in [1.54, 1.807) is 24.7 Å². The first-order chi connectivity index (χ1) is 5.93. The van der Waals surface area contributed by atoms with Gasteiger partial charge in [0.2, 0.25) is 0 Å². The lowest BCUT2D eigenvalue weighted by Gasteiger charge is -1.80. The topological polar surface area (TPSA) is 51.3 Å². The second kappa shape index (κ2) is 5.01. The van der Waals surface area contributed by atoms with Crippen molar-refractivity contribution in [1.82, 2.24) is 10.3 Å². The molecule has 0 atom stereocenters. The summed E-state index contributed by atoms with van der Waals surface area (Å²) >= 11 is 0. The summed E-state index contributed by atoms with van der Waals surface area (Å²) < 4.78 is 4.40. The van der Waals surface area contributed by atoms with Crippen LogP contribution in [-0.4, -0.2) is 16.5 Å². The number of aromatic nitrogens is 2. The molecule has 0 aliphatic carbocycles. The summed E-state index contributed by atoms with van der Waals surface area (Å²) in [6.07, 6.45) is 9.01. The third-order valence-electron chi connectivity index (χ3n) is 1.12. The zero-order valence-electron chi connectivity index (χ0n) is 6.55. The van der Waals surface area contributed by atoms with Gasteiger partial charge in [-0.1, -0.05) is 29.0 Å². The second-order valence-corrected chi connectivity index (χ2v) is 2.02. The van der Waals surface area contributed by atoms with Crippen LogP contribution in [-0.2, 0) is 6.42 Å². The molecule has 1 aromatic heterocycles. The van der Waals surface area contributed by atoms with Crippen molar-refractivity contribution in [3.05, 3.63) is 36.8 Å². The number of allylic oxidation sites excluding steroid dienone is 2. The molecule has 1 heterocycles. The summed E-state index contributed by atoms with van der Waals surface area (Å²) in [6.45, 7) is 3.49. The van der Waals surface area contributed by atoms with Gasteiger partial charge in [0.1, 0.15) is 5.69 Å². The van der Waals surface area contributed by atoms with Gasteiger partial charge in [0.15, 0.2) is 0 Å². The van der Waals surface area contributed by atoms with Gasteiger partial charge in [-0.15, -0.1) is 0 Å². The van der Waals surface area contributed by atoms with Gasteiger partial charge in [0.25, 0.3) is 0 Å². The van der Waals surface area contributed by atoms with Gasteiger partial charge in [0, 0.05) is 18.8 Å². The molecule has 0 aliphatic heterocycles. The maximum absolute atomic E-state index is 4.40. The van der Waals surface area contributed by atoms with Crippen molar-refractivity contribution in [2.24, 2.45) is 4.99 Å². The van der Waals surface area contributed by atoms with Crippen LogP contribution in [0.25, 0.3) is 0 Å². The van der Waals surface area contributed by atoms with Gasteiger partial charge in [-0.2, -0.15) is 0 Å². The number of aliphatic imine (C=N–C) groups is 1. The van der Waals surface area contributed by atoms with Crippen LogP contribution in [0.3, 0.4) is 0 Å².